The van der Waals surface area contributed by atoms with Crippen LogP contribution >= 0.6 is 11.6 Å². The Morgan fingerprint density at radius 3 is 1.94 bits per heavy atom. The number of anilines is 6. The Bertz CT molecular complexity index is 1210. The molecule has 2 amide bonds. The first-order chi connectivity index (χ1) is 15.5. The minimum absolute atomic E-state index is 0.343. The van der Waals surface area contributed by atoms with Crippen molar-refractivity contribution in [2.75, 3.05) is 21.3 Å². The van der Waals surface area contributed by atoms with E-state index < -0.39 is 0 Å². The van der Waals surface area contributed by atoms with Crippen LogP contribution in [0.1, 0.15) is 5.56 Å². The van der Waals surface area contributed by atoms with E-state index in [0.29, 0.717) is 33.9 Å². The first-order valence-electron chi connectivity index (χ1n) is 9.76. The molecule has 0 atom stereocenters. The Morgan fingerprint density at radius 2 is 1.28 bits per heavy atom. The van der Waals surface area contributed by atoms with Gasteiger partial charge in [-0.15, -0.1) is 0 Å². The monoisotopic (exact) mass is 445 g/mol. The van der Waals surface area contributed by atoms with Crippen LogP contribution in [-0.4, -0.2) is 21.0 Å². The average molecular weight is 446 g/mol. The number of pyridine rings is 1. The van der Waals surface area contributed by atoms with Gasteiger partial charge in [0.25, 0.3) is 0 Å². The lowest BCUT2D eigenvalue weighted by Gasteiger charge is -2.10. The number of aromatic nitrogens is 3. The number of benzene rings is 2. The normalized spacial score (nSPS) is 10.3. The molecule has 0 unspecified atom stereocenters. The molecule has 2 aromatic carbocycles. The molecule has 0 spiro atoms. The van der Waals surface area contributed by atoms with Gasteiger partial charge in [-0.25, -0.2) is 19.7 Å². The van der Waals surface area contributed by atoms with Gasteiger partial charge in [-0.3, -0.25) is 0 Å². The second-order valence-electron chi connectivity index (χ2n) is 6.92. The van der Waals surface area contributed by atoms with E-state index in [2.05, 4.69) is 36.2 Å². The zero-order chi connectivity index (χ0) is 22.3. The molecule has 4 N–H and O–H groups in total. The Balaban J connectivity index is 1.35. The second-order valence-corrected chi connectivity index (χ2v) is 7.36. The number of rotatable bonds is 6. The lowest BCUT2D eigenvalue weighted by atomic mass is 10.2. The summed E-state index contributed by atoms with van der Waals surface area (Å²) in [5, 5.41) is 12.5. The van der Waals surface area contributed by atoms with Gasteiger partial charge in [0.2, 0.25) is 0 Å². The average Bonchev–Trinajstić information content (AvgIpc) is 2.77. The van der Waals surface area contributed by atoms with E-state index in [9.17, 15) is 4.79 Å². The number of carbonyl (C=O) groups is 1. The third kappa shape index (κ3) is 5.93. The molecule has 32 heavy (non-hydrogen) atoms. The van der Waals surface area contributed by atoms with Gasteiger partial charge in [0.15, 0.2) is 0 Å². The number of nitrogens with zero attached hydrogens (tertiary/aromatic N) is 3. The van der Waals surface area contributed by atoms with Crippen LogP contribution in [0.3, 0.4) is 0 Å². The van der Waals surface area contributed by atoms with Gasteiger partial charge in [-0.2, -0.15) is 0 Å². The first-order valence-corrected chi connectivity index (χ1v) is 10.1. The summed E-state index contributed by atoms with van der Waals surface area (Å²) in [4.78, 5) is 24.9. The minimum atomic E-state index is -0.343. The Labute approximate surface area is 190 Å². The fraction of sp³-hybridized carbons (Fsp3) is 0.0435. The molecule has 2 heterocycles. The highest BCUT2D eigenvalue weighted by atomic mass is 35.5. The largest absolute Gasteiger partial charge is 0.340 e. The van der Waals surface area contributed by atoms with Gasteiger partial charge in [0, 0.05) is 34.3 Å². The van der Waals surface area contributed by atoms with Crippen LogP contribution in [0, 0.1) is 6.92 Å². The number of aryl methyl sites for hydroxylation is 1. The molecule has 4 aromatic rings. The summed E-state index contributed by atoms with van der Waals surface area (Å²) in [5.74, 6) is 1.95. The Kier molecular flexibility index (Phi) is 6.43. The van der Waals surface area contributed by atoms with Crippen LogP contribution in [0.2, 0.25) is 5.02 Å². The summed E-state index contributed by atoms with van der Waals surface area (Å²) in [6, 6.07) is 19.5. The van der Waals surface area contributed by atoms with E-state index in [-0.39, 0.29) is 6.03 Å². The highest BCUT2D eigenvalue weighted by molar-refractivity contribution is 6.30. The molecule has 0 aliphatic rings. The third-order valence-corrected chi connectivity index (χ3v) is 4.61. The smallest absolute Gasteiger partial charge is 0.323 e. The number of carbonyl (C=O) groups excluding carboxylic acids is 1. The fourth-order valence-corrected chi connectivity index (χ4v) is 2.97. The molecule has 4 rings (SSSR count). The van der Waals surface area contributed by atoms with Crippen LogP contribution in [0.5, 0.6) is 0 Å². The van der Waals surface area contributed by atoms with Crippen molar-refractivity contribution in [1.29, 1.82) is 0 Å². The number of urea groups is 1. The minimum Gasteiger partial charge on any atom is -0.340 e. The van der Waals surface area contributed by atoms with Crippen molar-refractivity contribution in [3.8, 4) is 0 Å². The van der Waals surface area contributed by atoms with Gasteiger partial charge in [0.1, 0.15) is 23.8 Å². The van der Waals surface area contributed by atoms with E-state index in [1.807, 2.05) is 31.2 Å². The van der Waals surface area contributed by atoms with Gasteiger partial charge in [-0.05, 0) is 73.2 Å². The van der Waals surface area contributed by atoms with Crippen molar-refractivity contribution in [2.24, 2.45) is 0 Å². The fourth-order valence-electron chi connectivity index (χ4n) is 2.84. The van der Waals surface area contributed by atoms with Gasteiger partial charge >= 0.3 is 6.03 Å². The standard InChI is InChI=1S/C23H20ClN7O/c1-15-10-11-25-20(12-15)31-22-13-21(26-14-27-22)28-17-6-8-19(9-7-17)30-23(32)29-18-4-2-16(24)3-5-18/h2-14H,1H3,(H2,29,30,32)(H2,25,26,27,28,31). The zero-order valence-corrected chi connectivity index (χ0v) is 17.9. The lowest BCUT2D eigenvalue weighted by Crippen LogP contribution is -2.19. The quantitative estimate of drug-likeness (QED) is 0.291. The summed E-state index contributed by atoms with van der Waals surface area (Å²) in [6.45, 7) is 2.00. The van der Waals surface area contributed by atoms with Crippen molar-refractivity contribution in [1.82, 2.24) is 15.0 Å². The number of amides is 2. The van der Waals surface area contributed by atoms with E-state index in [4.69, 9.17) is 11.6 Å². The van der Waals surface area contributed by atoms with Crippen molar-refractivity contribution in [3.05, 3.63) is 89.8 Å². The van der Waals surface area contributed by atoms with Gasteiger partial charge < -0.3 is 21.3 Å². The van der Waals surface area contributed by atoms with Crippen LogP contribution in [0.4, 0.5) is 39.3 Å². The zero-order valence-electron chi connectivity index (χ0n) is 17.1. The molecule has 8 nitrogen and oxygen atoms in total. The molecule has 2 aromatic heterocycles. The molecule has 0 aliphatic heterocycles. The summed E-state index contributed by atoms with van der Waals surface area (Å²) in [6.07, 6.45) is 3.21. The van der Waals surface area contributed by atoms with Crippen molar-refractivity contribution >= 4 is 52.1 Å². The molecular formula is C23H20ClN7O. The molecule has 0 radical (unpaired) electrons. The van der Waals surface area contributed by atoms with Crippen molar-refractivity contribution in [3.63, 3.8) is 0 Å². The van der Waals surface area contributed by atoms with Crippen LogP contribution < -0.4 is 21.3 Å². The maximum Gasteiger partial charge on any atom is 0.323 e. The highest BCUT2D eigenvalue weighted by Gasteiger charge is 2.05. The lowest BCUT2D eigenvalue weighted by molar-refractivity contribution is 0.262. The Hall–Kier alpha value is -4.17. The molecule has 0 fully saturated rings. The van der Waals surface area contributed by atoms with Crippen molar-refractivity contribution < 1.29 is 4.79 Å². The second kappa shape index (κ2) is 9.76. The SMILES string of the molecule is Cc1ccnc(Nc2cc(Nc3ccc(NC(=O)Nc4ccc(Cl)cc4)cc3)ncn2)c1. The molecule has 0 aliphatic carbocycles. The van der Waals surface area contributed by atoms with E-state index in [1.165, 1.54) is 6.33 Å². The first kappa shape index (κ1) is 21.1. The number of halogens is 1. The topological polar surface area (TPSA) is 104 Å². The maximum atomic E-state index is 12.2. The number of hydrogen-bond acceptors (Lipinski definition) is 6. The van der Waals surface area contributed by atoms with E-state index in [0.717, 1.165) is 11.3 Å². The van der Waals surface area contributed by atoms with E-state index >= 15 is 0 Å². The predicted molar refractivity (Wildman–Crippen MR) is 128 cm³/mol. The highest BCUT2D eigenvalue weighted by Crippen LogP contribution is 2.21. The molecular weight excluding hydrogens is 426 g/mol. The summed E-state index contributed by atoms with van der Waals surface area (Å²) >= 11 is 5.85. The Morgan fingerprint density at radius 1 is 0.719 bits per heavy atom. The molecule has 160 valence electrons. The summed E-state index contributed by atoms with van der Waals surface area (Å²) in [7, 11) is 0. The predicted octanol–water partition coefficient (Wildman–Crippen LogP) is 5.96. The number of nitrogens with one attached hydrogen (secondary N) is 4. The molecule has 0 saturated heterocycles. The molecule has 0 bridgehead atoms. The molecule has 0 saturated carbocycles. The van der Waals surface area contributed by atoms with Crippen LogP contribution in [-0.2, 0) is 0 Å². The van der Waals surface area contributed by atoms with Crippen molar-refractivity contribution in [2.45, 2.75) is 6.92 Å². The third-order valence-electron chi connectivity index (χ3n) is 4.36. The van der Waals surface area contributed by atoms with Gasteiger partial charge in [0.05, 0.1) is 0 Å². The van der Waals surface area contributed by atoms with Crippen LogP contribution in [0.25, 0.3) is 0 Å². The maximum absolute atomic E-state index is 12.2. The van der Waals surface area contributed by atoms with E-state index in [1.54, 1.807) is 48.7 Å². The number of hydrogen-bond donors (Lipinski definition) is 4. The van der Waals surface area contributed by atoms with Crippen LogP contribution in [0.15, 0.2) is 79.3 Å². The van der Waals surface area contributed by atoms with Gasteiger partial charge in [-0.1, -0.05) is 11.6 Å². The summed E-state index contributed by atoms with van der Waals surface area (Å²) < 4.78 is 0. The molecule has 9 heteroatoms. The summed E-state index contributed by atoms with van der Waals surface area (Å²) in [5.41, 5.74) is 3.22.